The third kappa shape index (κ3) is 5.88. The van der Waals surface area contributed by atoms with E-state index in [1.165, 1.54) is 12.0 Å². The lowest BCUT2D eigenvalue weighted by molar-refractivity contribution is -0.0356. The maximum atomic E-state index is 12.5. The lowest BCUT2D eigenvalue weighted by atomic mass is 9.82. The molecule has 4 aromatic rings. The van der Waals surface area contributed by atoms with Crippen molar-refractivity contribution >= 4 is 6.09 Å². The van der Waals surface area contributed by atoms with E-state index in [0.29, 0.717) is 38.3 Å². The standard InChI is InChI=1S/C30H35N5O4/c1-20-6-8-22(9-7-20)18-35-21(2)16-26(32-35)25-17-23(10-11-24(25)27-31-19-38-33-27)30(37)12-14-34(15-13-30)28(36)39-29(3,4)5/h6-11,16-17,19,37H,12-15,18H2,1-5H3. The smallest absolute Gasteiger partial charge is 0.410 e. The van der Waals surface area contributed by atoms with Crippen molar-refractivity contribution in [3.8, 4) is 22.6 Å². The lowest BCUT2D eigenvalue weighted by Gasteiger charge is -2.39. The van der Waals surface area contributed by atoms with E-state index >= 15 is 0 Å². The molecule has 204 valence electrons. The first-order valence-electron chi connectivity index (χ1n) is 13.2. The molecule has 9 nitrogen and oxygen atoms in total. The molecule has 0 spiro atoms. The van der Waals surface area contributed by atoms with Gasteiger partial charge in [-0.2, -0.15) is 10.1 Å². The van der Waals surface area contributed by atoms with Crippen molar-refractivity contribution < 1.29 is 19.2 Å². The highest BCUT2D eigenvalue weighted by Gasteiger charge is 2.37. The summed E-state index contributed by atoms with van der Waals surface area (Å²) in [6, 6.07) is 16.2. The van der Waals surface area contributed by atoms with Crippen LogP contribution in [0.3, 0.4) is 0 Å². The van der Waals surface area contributed by atoms with E-state index in [-0.39, 0.29) is 6.09 Å². The van der Waals surface area contributed by atoms with E-state index in [2.05, 4.69) is 41.3 Å². The molecule has 2 aromatic carbocycles. The van der Waals surface area contributed by atoms with E-state index in [1.54, 1.807) is 4.90 Å². The number of benzene rings is 2. The van der Waals surface area contributed by atoms with Gasteiger partial charge in [0.2, 0.25) is 12.2 Å². The van der Waals surface area contributed by atoms with Gasteiger partial charge in [0, 0.05) is 29.9 Å². The van der Waals surface area contributed by atoms with Gasteiger partial charge in [0.05, 0.1) is 17.8 Å². The van der Waals surface area contributed by atoms with E-state index in [0.717, 1.165) is 33.6 Å². The predicted octanol–water partition coefficient (Wildman–Crippen LogP) is 5.48. The maximum Gasteiger partial charge on any atom is 0.410 e. The fourth-order valence-electron chi connectivity index (χ4n) is 4.87. The van der Waals surface area contributed by atoms with Crippen LogP contribution < -0.4 is 0 Å². The molecule has 0 aliphatic carbocycles. The van der Waals surface area contributed by atoms with Gasteiger partial charge in [0.1, 0.15) is 5.60 Å². The fraction of sp³-hybridized carbons (Fsp3) is 0.400. The van der Waals surface area contributed by atoms with Gasteiger partial charge in [0.15, 0.2) is 0 Å². The number of ether oxygens (including phenoxy) is 1. The number of aromatic nitrogens is 4. The first-order chi connectivity index (χ1) is 18.5. The van der Waals surface area contributed by atoms with Gasteiger partial charge in [0.25, 0.3) is 0 Å². The SMILES string of the molecule is Cc1ccc(Cn2nc(-c3cc(C4(O)CCN(C(=O)OC(C)(C)C)CC4)ccc3-c3ncon3)cc2C)cc1. The quantitative estimate of drug-likeness (QED) is 0.365. The van der Waals surface area contributed by atoms with Crippen LogP contribution in [0, 0.1) is 13.8 Å². The molecular weight excluding hydrogens is 494 g/mol. The number of aryl methyl sites for hydroxylation is 2. The highest BCUT2D eigenvalue weighted by molar-refractivity contribution is 5.79. The number of hydrogen-bond acceptors (Lipinski definition) is 7. The molecule has 1 amide bonds. The molecule has 1 N–H and O–H groups in total. The Balaban J connectivity index is 1.44. The molecule has 0 saturated carbocycles. The summed E-state index contributed by atoms with van der Waals surface area (Å²) in [6.07, 6.45) is 1.74. The first-order valence-corrected chi connectivity index (χ1v) is 13.2. The van der Waals surface area contributed by atoms with Crippen LogP contribution in [-0.4, -0.2) is 54.7 Å². The second kappa shape index (κ2) is 10.3. The Bertz CT molecular complexity index is 1440. The molecule has 1 aliphatic heterocycles. The number of likely N-dealkylation sites (tertiary alicyclic amines) is 1. The van der Waals surface area contributed by atoms with Crippen LogP contribution in [0.1, 0.15) is 56.0 Å². The second-order valence-electron chi connectivity index (χ2n) is 11.3. The number of piperidine rings is 1. The zero-order chi connectivity index (χ0) is 27.8. The van der Waals surface area contributed by atoms with Crippen LogP contribution in [0.5, 0.6) is 0 Å². The molecule has 2 aromatic heterocycles. The van der Waals surface area contributed by atoms with Gasteiger partial charge in [-0.25, -0.2) is 4.79 Å². The Kier molecular flexibility index (Phi) is 7.03. The van der Waals surface area contributed by atoms with Crippen LogP contribution in [0.2, 0.25) is 0 Å². The van der Waals surface area contributed by atoms with Crippen LogP contribution >= 0.6 is 0 Å². The summed E-state index contributed by atoms with van der Waals surface area (Å²) in [4.78, 5) is 18.5. The topological polar surface area (TPSA) is 107 Å². The molecule has 3 heterocycles. The molecule has 5 rings (SSSR count). The van der Waals surface area contributed by atoms with Crippen molar-refractivity contribution in [2.75, 3.05) is 13.1 Å². The highest BCUT2D eigenvalue weighted by atomic mass is 16.6. The molecule has 1 fully saturated rings. The van der Waals surface area contributed by atoms with E-state index < -0.39 is 11.2 Å². The van der Waals surface area contributed by atoms with Crippen molar-refractivity contribution in [3.63, 3.8) is 0 Å². The van der Waals surface area contributed by atoms with Crippen LogP contribution in [0.25, 0.3) is 22.6 Å². The molecule has 0 atom stereocenters. The van der Waals surface area contributed by atoms with E-state index in [9.17, 15) is 9.90 Å². The Morgan fingerprint density at radius 1 is 1.05 bits per heavy atom. The Morgan fingerprint density at radius 2 is 1.77 bits per heavy atom. The maximum absolute atomic E-state index is 12.5. The molecule has 9 heteroatoms. The third-order valence-electron chi connectivity index (χ3n) is 7.11. The van der Waals surface area contributed by atoms with E-state index in [1.807, 2.05) is 56.6 Å². The lowest BCUT2D eigenvalue weighted by Crippen LogP contribution is -2.46. The van der Waals surface area contributed by atoms with Crippen LogP contribution in [0.4, 0.5) is 4.79 Å². The Labute approximate surface area is 228 Å². The molecule has 0 radical (unpaired) electrons. The van der Waals surface area contributed by atoms with Crippen LogP contribution in [-0.2, 0) is 16.9 Å². The van der Waals surface area contributed by atoms with Crippen molar-refractivity contribution in [3.05, 3.63) is 77.3 Å². The molecular formula is C30H35N5O4. The van der Waals surface area contributed by atoms with Gasteiger partial charge in [-0.15, -0.1) is 0 Å². The molecule has 0 unspecified atom stereocenters. The first kappa shape index (κ1) is 26.6. The second-order valence-corrected chi connectivity index (χ2v) is 11.3. The Hall–Kier alpha value is -3.98. The summed E-state index contributed by atoms with van der Waals surface area (Å²) >= 11 is 0. The summed E-state index contributed by atoms with van der Waals surface area (Å²) in [6.45, 7) is 11.1. The molecule has 1 saturated heterocycles. The number of amides is 1. The fourth-order valence-corrected chi connectivity index (χ4v) is 4.87. The normalized spacial score (nSPS) is 15.4. The summed E-state index contributed by atoms with van der Waals surface area (Å²) in [5.74, 6) is 0.453. The average Bonchev–Trinajstić information content (AvgIpc) is 3.55. The number of carbonyl (C=O) groups excluding carboxylic acids is 1. The number of rotatable bonds is 5. The van der Waals surface area contributed by atoms with Gasteiger partial charge in [-0.05, 0) is 76.8 Å². The minimum absolute atomic E-state index is 0.354. The number of hydrogen-bond donors (Lipinski definition) is 1. The van der Waals surface area contributed by atoms with Crippen LogP contribution in [0.15, 0.2) is 59.4 Å². The zero-order valence-electron chi connectivity index (χ0n) is 23.1. The van der Waals surface area contributed by atoms with E-state index in [4.69, 9.17) is 14.4 Å². The van der Waals surface area contributed by atoms with Gasteiger partial charge >= 0.3 is 6.09 Å². The zero-order valence-corrected chi connectivity index (χ0v) is 23.1. The average molecular weight is 530 g/mol. The van der Waals surface area contributed by atoms with Crippen molar-refractivity contribution in [2.24, 2.45) is 0 Å². The minimum Gasteiger partial charge on any atom is -0.444 e. The number of carbonyl (C=O) groups is 1. The number of nitrogens with zero attached hydrogens (tertiary/aromatic N) is 5. The van der Waals surface area contributed by atoms with Crippen molar-refractivity contribution in [1.29, 1.82) is 0 Å². The molecule has 1 aliphatic rings. The minimum atomic E-state index is -1.09. The monoisotopic (exact) mass is 529 g/mol. The number of aliphatic hydroxyl groups is 1. The van der Waals surface area contributed by atoms with Crippen molar-refractivity contribution in [2.45, 2.75) is 65.2 Å². The Morgan fingerprint density at radius 3 is 2.41 bits per heavy atom. The highest BCUT2D eigenvalue weighted by Crippen LogP contribution is 2.38. The summed E-state index contributed by atoms with van der Waals surface area (Å²) < 4.78 is 12.5. The largest absolute Gasteiger partial charge is 0.444 e. The van der Waals surface area contributed by atoms with Gasteiger partial charge < -0.3 is 19.3 Å². The summed E-state index contributed by atoms with van der Waals surface area (Å²) in [5.41, 5.74) is 4.83. The molecule has 39 heavy (non-hydrogen) atoms. The predicted molar refractivity (Wildman–Crippen MR) is 147 cm³/mol. The molecule has 0 bridgehead atoms. The summed E-state index contributed by atoms with van der Waals surface area (Å²) in [5, 5.41) is 20.7. The van der Waals surface area contributed by atoms with Crippen molar-refractivity contribution in [1.82, 2.24) is 24.8 Å². The van der Waals surface area contributed by atoms with Gasteiger partial charge in [-0.1, -0.05) is 41.1 Å². The summed E-state index contributed by atoms with van der Waals surface area (Å²) in [7, 11) is 0. The third-order valence-corrected chi connectivity index (χ3v) is 7.11. The van der Waals surface area contributed by atoms with Gasteiger partial charge in [-0.3, -0.25) is 4.68 Å².